The second-order valence-electron chi connectivity index (χ2n) is 5.38. The van der Waals surface area contributed by atoms with E-state index in [0.717, 1.165) is 5.69 Å². The Morgan fingerprint density at radius 1 is 1.39 bits per heavy atom. The van der Waals surface area contributed by atoms with Crippen LogP contribution < -0.4 is 5.73 Å². The molecule has 0 bridgehead atoms. The van der Waals surface area contributed by atoms with E-state index in [1.54, 1.807) is 12.5 Å². The number of hydrogen-bond acceptors (Lipinski definition) is 4. The zero-order chi connectivity index (χ0) is 13.3. The molecule has 2 rings (SSSR count). The Morgan fingerprint density at radius 2 is 2.00 bits per heavy atom. The Bertz CT molecular complexity index is 493. The molecule has 0 amide bonds. The van der Waals surface area contributed by atoms with Crippen LogP contribution in [0.15, 0.2) is 12.5 Å². The minimum absolute atomic E-state index is 0.0500. The molecule has 1 atom stereocenters. The summed E-state index contributed by atoms with van der Waals surface area (Å²) in [5.74, 6) is 0.881. The maximum absolute atomic E-state index is 11.4. The molecule has 5 nitrogen and oxygen atoms in total. The topological polar surface area (TPSA) is 78.0 Å². The number of rotatable bonds is 3. The van der Waals surface area contributed by atoms with Crippen molar-refractivity contribution in [2.24, 2.45) is 11.7 Å². The molecule has 1 saturated heterocycles. The largest absolute Gasteiger partial charge is 0.330 e. The van der Waals surface area contributed by atoms with E-state index in [0.29, 0.717) is 18.8 Å². The fraction of sp³-hybridized carbons (Fsp3) is 0.750. The fourth-order valence-electron chi connectivity index (χ4n) is 2.38. The zero-order valence-electron chi connectivity index (χ0n) is 10.9. The standard InChI is InChI=1S/C12H21N3O2S/c1-9(2)12(13)11-7-14-8-15(11)10-3-5-18(16,17)6-4-10/h7-10,12H,3-6,13H2,1-2H3. The lowest BCUT2D eigenvalue weighted by molar-refractivity contribution is 0.406. The summed E-state index contributed by atoms with van der Waals surface area (Å²) in [5.41, 5.74) is 7.17. The summed E-state index contributed by atoms with van der Waals surface area (Å²) in [5, 5.41) is 0. The van der Waals surface area contributed by atoms with Crippen molar-refractivity contribution in [2.45, 2.75) is 38.8 Å². The van der Waals surface area contributed by atoms with Crippen molar-refractivity contribution in [2.75, 3.05) is 11.5 Å². The summed E-state index contributed by atoms with van der Waals surface area (Å²) < 4.78 is 25.0. The molecular formula is C12H21N3O2S. The summed E-state index contributed by atoms with van der Waals surface area (Å²) in [6.07, 6.45) is 4.90. The van der Waals surface area contributed by atoms with Crippen LogP contribution in [0.5, 0.6) is 0 Å². The molecule has 6 heteroatoms. The van der Waals surface area contributed by atoms with Crippen molar-refractivity contribution in [3.8, 4) is 0 Å². The first-order chi connectivity index (χ1) is 8.41. The van der Waals surface area contributed by atoms with Crippen LogP contribution in [0.2, 0.25) is 0 Å². The summed E-state index contributed by atoms with van der Waals surface area (Å²) in [6.45, 7) is 4.15. The van der Waals surface area contributed by atoms with Gasteiger partial charge in [-0.3, -0.25) is 0 Å². The van der Waals surface area contributed by atoms with E-state index in [1.807, 2.05) is 0 Å². The van der Waals surface area contributed by atoms with E-state index in [2.05, 4.69) is 23.4 Å². The predicted molar refractivity (Wildman–Crippen MR) is 70.9 cm³/mol. The van der Waals surface area contributed by atoms with E-state index in [-0.39, 0.29) is 23.6 Å². The first-order valence-electron chi connectivity index (χ1n) is 6.38. The van der Waals surface area contributed by atoms with Gasteiger partial charge in [0.1, 0.15) is 9.84 Å². The van der Waals surface area contributed by atoms with Crippen molar-refractivity contribution in [3.05, 3.63) is 18.2 Å². The molecule has 102 valence electrons. The van der Waals surface area contributed by atoms with Crippen molar-refractivity contribution >= 4 is 9.84 Å². The van der Waals surface area contributed by atoms with Gasteiger partial charge >= 0.3 is 0 Å². The SMILES string of the molecule is CC(C)C(N)c1cncn1C1CCS(=O)(=O)CC1. The van der Waals surface area contributed by atoms with Crippen LogP contribution >= 0.6 is 0 Å². The third-order valence-corrected chi connectivity index (χ3v) is 5.39. The Balaban J connectivity index is 2.18. The lowest BCUT2D eigenvalue weighted by Crippen LogP contribution is -2.28. The Hall–Kier alpha value is -0.880. The third-order valence-electron chi connectivity index (χ3n) is 3.67. The monoisotopic (exact) mass is 271 g/mol. The first kappa shape index (κ1) is 13.5. The molecule has 2 N–H and O–H groups in total. The summed E-state index contributed by atoms with van der Waals surface area (Å²) >= 11 is 0. The van der Waals surface area contributed by atoms with E-state index in [1.165, 1.54) is 0 Å². The van der Waals surface area contributed by atoms with Gasteiger partial charge in [0, 0.05) is 18.3 Å². The van der Waals surface area contributed by atoms with Crippen molar-refractivity contribution in [1.82, 2.24) is 9.55 Å². The van der Waals surface area contributed by atoms with Gasteiger partial charge in [0.05, 0.1) is 23.5 Å². The van der Waals surface area contributed by atoms with Gasteiger partial charge in [-0.25, -0.2) is 13.4 Å². The van der Waals surface area contributed by atoms with Gasteiger partial charge in [-0.1, -0.05) is 13.8 Å². The lowest BCUT2D eigenvalue weighted by atomic mass is 10.0. The third kappa shape index (κ3) is 2.75. The van der Waals surface area contributed by atoms with E-state index in [9.17, 15) is 8.42 Å². The molecular weight excluding hydrogens is 250 g/mol. The molecule has 1 aromatic heterocycles. The Morgan fingerprint density at radius 3 is 2.56 bits per heavy atom. The number of hydrogen-bond donors (Lipinski definition) is 1. The fourth-order valence-corrected chi connectivity index (χ4v) is 3.84. The summed E-state index contributed by atoms with van der Waals surface area (Å²) in [6, 6.07) is 0.168. The highest BCUT2D eigenvalue weighted by molar-refractivity contribution is 7.91. The van der Waals surface area contributed by atoms with Gasteiger partial charge in [-0.15, -0.1) is 0 Å². The van der Waals surface area contributed by atoms with Crippen LogP contribution in [-0.2, 0) is 9.84 Å². The van der Waals surface area contributed by atoms with Crippen molar-refractivity contribution in [1.29, 1.82) is 0 Å². The molecule has 0 saturated carbocycles. The average molecular weight is 271 g/mol. The van der Waals surface area contributed by atoms with Gasteiger partial charge in [-0.2, -0.15) is 0 Å². The maximum atomic E-state index is 11.4. The average Bonchev–Trinajstić information content (AvgIpc) is 2.76. The molecule has 1 aliphatic rings. The molecule has 18 heavy (non-hydrogen) atoms. The van der Waals surface area contributed by atoms with Gasteiger partial charge in [0.15, 0.2) is 0 Å². The van der Waals surface area contributed by atoms with Crippen LogP contribution in [0, 0.1) is 5.92 Å². The second-order valence-corrected chi connectivity index (χ2v) is 7.68. The van der Waals surface area contributed by atoms with Crippen LogP contribution in [0.25, 0.3) is 0 Å². The smallest absolute Gasteiger partial charge is 0.150 e. The van der Waals surface area contributed by atoms with Crippen molar-refractivity contribution < 1.29 is 8.42 Å². The summed E-state index contributed by atoms with van der Waals surface area (Å²) in [7, 11) is -2.82. The van der Waals surface area contributed by atoms with Gasteiger partial charge in [0.2, 0.25) is 0 Å². The minimum Gasteiger partial charge on any atom is -0.330 e. The molecule has 1 fully saturated rings. The number of nitrogens with two attached hydrogens (primary N) is 1. The quantitative estimate of drug-likeness (QED) is 0.898. The highest BCUT2D eigenvalue weighted by Gasteiger charge is 2.27. The number of imidazole rings is 1. The van der Waals surface area contributed by atoms with Crippen LogP contribution in [0.4, 0.5) is 0 Å². The number of aromatic nitrogens is 2. The van der Waals surface area contributed by atoms with Crippen LogP contribution in [0.3, 0.4) is 0 Å². The first-order valence-corrected chi connectivity index (χ1v) is 8.20. The highest BCUT2D eigenvalue weighted by Crippen LogP contribution is 2.28. The molecule has 0 radical (unpaired) electrons. The lowest BCUT2D eigenvalue weighted by Gasteiger charge is -2.27. The normalized spacial score (nSPS) is 22.2. The highest BCUT2D eigenvalue weighted by atomic mass is 32.2. The van der Waals surface area contributed by atoms with E-state index in [4.69, 9.17) is 5.73 Å². The number of nitrogens with zero attached hydrogens (tertiary/aromatic N) is 2. The van der Waals surface area contributed by atoms with Gasteiger partial charge < -0.3 is 10.3 Å². The van der Waals surface area contributed by atoms with E-state index >= 15 is 0 Å². The molecule has 1 unspecified atom stereocenters. The van der Waals surface area contributed by atoms with Gasteiger partial charge in [-0.05, 0) is 18.8 Å². The summed E-state index contributed by atoms with van der Waals surface area (Å²) in [4.78, 5) is 4.17. The Labute approximate surface area is 108 Å². The van der Waals surface area contributed by atoms with Crippen LogP contribution in [0.1, 0.15) is 44.5 Å². The van der Waals surface area contributed by atoms with Gasteiger partial charge in [0.25, 0.3) is 0 Å². The number of sulfone groups is 1. The molecule has 0 spiro atoms. The molecule has 0 aromatic carbocycles. The molecule has 1 aliphatic heterocycles. The maximum Gasteiger partial charge on any atom is 0.150 e. The molecule has 2 heterocycles. The second kappa shape index (κ2) is 5.01. The van der Waals surface area contributed by atoms with Crippen molar-refractivity contribution in [3.63, 3.8) is 0 Å². The minimum atomic E-state index is -2.82. The zero-order valence-corrected chi connectivity index (χ0v) is 11.7. The Kier molecular flexibility index (Phi) is 3.77. The van der Waals surface area contributed by atoms with E-state index < -0.39 is 9.84 Å². The molecule has 0 aliphatic carbocycles. The predicted octanol–water partition coefficient (Wildman–Crippen LogP) is 1.29. The molecule has 1 aromatic rings. The van der Waals surface area contributed by atoms with Crippen LogP contribution in [-0.4, -0.2) is 29.5 Å².